The van der Waals surface area contributed by atoms with E-state index in [1.165, 1.54) is 83.5 Å². The molecular formula is C25H41BrO3. The van der Waals surface area contributed by atoms with Crippen molar-refractivity contribution in [2.45, 2.75) is 104 Å². The lowest BCUT2D eigenvalue weighted by molar-refractivity contribution is 0.101. The maximum atomic E-state index is 11.8. The summed E-state index contributed by atoms with van der Waals surface area (Å²) in [5.41, 5.74) is 0.600. The minimum absolute atomic E-state index is 0.00399. The molecular weight excluding hydrogens is 428 g/mol. The maximum Gasteiger partial charge on any atom is 0.163 e. The van der Waals surface area contributed by atoms with Crippen LogP contribution in [0.1, 0.15) is 114 Å². The van der Waals surface area contributed by atoms with Crippen LogP contribution in [-0.2, 0) is 0 Å². The fourth-order valence-electron chi connectivity index (χ4n) is 3.56. The summed E-state index contributed by atoms with van der Waals surface area (Å²) < 4.78 is 12.0. The second-order valence-corrected chi connectivity index (χ2v) is 8.84. The SMILES string of the molecule is CCCCCCCCCCCCCCCCOc1cc(OC)c(Br)cc1C(C)=O. The number of Topliss-reactive ketones (excluding diaryl/α,β-unsaturated/α-hetero) is 1. The quantitative estimate of drug-likeness (QED) is 0.160. The summed E-state index contributed by atoms with van der Waals surface area (Å²) in [7, 11) is 1.62. The average Bonchev–Trinajstić information content (AvgIpc) is 2.71. The number of methoxy groups -OCH3 is 1. The van der Waals surface area contributed by atoms with Gasteiger partial charge in [-0.15, -0.1) is 0 Å². The van der Waals surface area contributed by atoms with Gasteiger partial charge in [0.25, 0.3) is 0 Å². The largest absolute Gasteiger partial charge is 0.495 e. The van der Waals surface area contributed by atoms with Crippen LogP contribution in [0.25, 0.3) is 0 Å². The van der Waals surface area contributed by atoms with Crippen molar-refractivity contribution in [2.24, 2.45) is 0 Å². The summed E-state index contributed by atoms with van der Waals surface area (Å²) in [6.45, 7) is 4.48. The fraction of sp³-hybridized carbons (Fsp3) is 0.720. The van der Waals surface area contributed by atoms with E-state index in [2.05, 4.69) is 22.9 Å². The van der Waals surface area contributed by atoms with E-state index in [0.29, 0.717) is 23.7 Å². The van der Waals surface area contributed by atoms with Gasteiger partial charge in [0.2, 0.25) is 0 Å². The van der Waals surface area contributed by atoms with Gasteiger partial charge in [-0.05, 0) is 35.3 Å². The smallest absolute Gasteiger partial charge is 0.163 e. The molecule has 166 valence electrons. The van der Waals surface area contributed by atoms with Gasteiger partial charge in [-0.1, -0.05) is 90.4 Å². The van der Waals surface area contributed by atoms with Gasteiger partial charge in [0.1, 0.15) is 11.5 Å². The summed E-state index contributed by atoms with van der Waals surface area (Å²) in [4.78, 5) is 11.8. The molecule has 0 atom stereocenters. The van der Waals surface area contributed by atoms with Crippen molar-refractivity contribution in [3.8, 4) is 11.5 Å². The van der Waals surface area contributed by atoms with Crippen LogP contribution in [0.2, 0.25) is 0 Å². The fourth-order valence-corrected chi connectivity index (χ4v) is 4.07. The Morgan fingerprint density at radius 3 is 1.72 bits per heavy atom. The zero-order chi connectivity index (χ0) is 21.3. The molecule has 0 spiro atoms. The van der Waals surface area contributed by atoms with Crippen molar-refractivity contribution in [3.05, 3.63) is 22.2 Å². The minimum Gasteiger partial charge on any atom is -0.495 e. The molecule has 0 saturated heterocycles. The van der Waals surface area contributed by atoms with Gasteiger partial charge < -0.3 is 9.47 Å². The van der Waals surface area contributed by atoms with E-state index in [0.717, 1.165) is 10.9 Å². The molecule has 0 heterocycles. The number of halogens is 1. The molecule has 1 rings (SSSR count). The maximum absolute atomic E-state index is 11.8. The van der Waals surface area contributed by atoms with Gasteiger partial charge >= 0.3 is 0 Å². The molecule has 0 N–H and O–H groups in total. The summed E-state index contributed by atoms with van der Waals surface area (Å²) in [6, 6.07) is 3.58. The molecule has 0 unspecified atom stereocenters. The number of rotatable bonds is 18. The van der Waals surface area contributed by atoms with Crippen LogP contribution >= 0.6 is 15.9 Å². The lowest BCUT2D eigenvalue weighted by Crippen LogP contribution is -2.04. The Morgan fingerprint density at radius 1 is 0.793 bits per heavy atom. The van der Waals surface area contributed by atoms with Gasteiger partial charge in [0.15, 0.2) is 5.78 Å². The highest BCUT2D eigenvalue weighted by molar-refractivity contribution is 9.10. The number of hydrogen-bond acceptors (Lipinski definition) is 3. The Hall–Kier alpha value is -1.03. The van der Waals surface area contributed by atoms with Crippen LogP contribution in [-0.4, -0.2) is 19.5 Å². The molecule has 0 aliphatic carbocycles. The highest BCUT2D eigenvalue weighted by atomic mass is 79.9. The highest BCUT2D eigenvalue weighted by Crippen LogP contribution is 2.33. The van der Waals surface area contributed by atoms with E-state index < -0.39 is 0 Å². The third-order valence-corrected chi connectivity index (χ3v) is 6.01. The molecule has 0 bridgehead atoms. The molecule has 3 nitrogen and oxygen atoms in total. The first-order valence-electron chi connectivity index (χ1n) is 11.6. The summed E-state index contributed by atoms with van der Waals surface area (Å²) in [5, 5.41) is 0. The first-order valence-corrected chi connectivity index (χ1v) is 12.4. The third kappa shape index (κ3) is 11.7. The van der Waals surface area contributed by atoms with Crippen LogP contribution in [0.5, 0.6) is 11.5 Å². The van der Waals surface area contributed by atoms with Crippen LogP contribution in [0.3, 0.4) is 0 Å². The van der Waals surface area contributed by atoms with Crippen molar-refractivity contribution in [3.63, 3.8) is 0 Å². The Bertz CT molecular complexity index is 571. The lowest BCUT2D eigenvalue weighted by Gasteiger charge is -2.13. The number of ether oxygens (including phenoxy) is 2. The zero-order valence-electron chi connectivity index (χ0n) is 18.9. The van der Waals surface area contributed by atoms with Crippen molar-refractivity contribution in [1.29, 1.82) is 0 Å². The lowest BCUT2D eigenvalue weighted by atomic mass is 10.0. The second kappa shape index (κ2) is 16.7. The molecule has 29 heavy (non-hydrogen) atoms. The number of hydrogen-bond donors (Lipinski definition) is 0. The van der Waals surface area contributed by atoms with E-state index >= 15 is 0 Å². The normalized spacial score (nSPS) is 10.9. The van der Waals surface area contributed by atoms with E-state index in [-0.39, 0.29) is 5.78 Å². The molecule has 0 aromatic heterocycles. The van der Waals surface area contributed by atoms with Gasteiger partial charge in [-0.3, -0.25) is 4.79 Å². The molecule has 0 aliphatic heterocycles. The van der Waals surface area contributed by atoms with Crippen LogP contribution < -0.4 is 9.47 Å². The minimum atomic E-state index is 0.00399. The van der Waals surface area contributed by atoms with E-state index in [4.69, 9.17) is 9.47 Å². The second-order valence-electron chi connectivity index (χ2n) is 7.98. The monoisotopic (exact) mass is 468 g/mol. The van der Waals surface area contributed by atoms with Gasteiger partial charge in [-0.2, -0.15) is 0 Å². The molecule has 0 radical (unpaired) electrons. The average molecular weight is 470 g/mol. The van der Waals surface area contributed by atoms with Crippen molar-refractivity contribution < 1.29 is 14.3 Å². The zero-order valence-corrected chi connectivity index (χ0v) is 20.5. The van der Waals surface area contributed by atoms with Crippen molar-refractivity contribution in [2.75, 3.05) is 13.7 Å². The van der Waals surface area contributed by atoms with Crippen molar-refractivity contribution in [1.82, 2.24) is 0 Å². The van der Waals surface area contributed by atoms with Crippen LogP contribution in [0.4, 0.5) is 0 Å². The summed E-state index contributed by atoms with van der Waals surface area (Å²) in [6.07, 6.45) is 18.8. The molecule has 0 amide bonds. The van der Waals surface area contributed by atoms with E-state index in [1.54, 1.807) is 26.2 Å². The molecule has 0 fully saturated rings. The summed E-state index contributed by atoms with van der Waals surface area (Å²) in [5.74, 6) is 1.31. The first-order chi connectivity index (χ1) is 14.1. The Balaban J connectivity index is 2.06. The number of carbonyl (C=O) groups is 1. The Kier molecular flexibility index (Phi) is 15.0. The number of ketones is 1. The van der Waals surface area contributed by atoms with Crippen molar-refractivity contribution >= 4 is 21.7 Å². The standard InChI is InChI=1S/C25H41BrO3/c1-4-5-6-7-8-9-10-11-12-13-14-15-16-17-18-29-24-20-25(28-3)23(26)19-22(24)21(2)27/h19-20H,4-18H2,1-3H3. The van der Waals surface area contributed by atoms with Gasteiger partial charge in [0.05, 0.1) is 23.8 Å². The van der Waals surface area contributed by atoms with E-state index in [1.807, 2.05) is 0 Å². The highest BCUT2D eigenvalue weighted by Gasteiger charge is 2.13. The molecule has 1 aromatic rings. The molecule has 4 heteroatoms. The molecule has 0 aliphatic rings. The van der Waals surface area contributed by atoms with E-state index in [9.17, 15) is 4.79 Å². The van der Waals surface area contributed by atoms with Crippen LogP contribution in [0, 0.1) is 0 Å². The number of benzene rings is 1. The Labute approximate surface area is 187 Å². The first kappa shape index (κ1) is 26.0. The van der Waals surface area contributed by atoms with Gasteiger partial charge in [-0.25, -0.2) is 0 Å². The topological polar surface area (TPSA) is 35.5 Å². The Morgan fingerprint density at radius 2 is 1.28 bits per heavy atom. The molecule has 1 aromatic carbocycles. The molecule has 0 saturated carbocycles. The van der Waals surface area contributed by atoms with Gasteiger partial charge in [0, 0.05) is 6.07 Å². The predicted octanol–water partition coefficient (Wildman–Crippen LogP) is 8.52. The summed E-state index contributed by atoms with van der Waals surface area (Å²) >= 11 is 3.43. The number of carbonyl (C=O) groups excluding carboxylic acids is 1. The van der Waals surface area contributed by atoms with Crippen LogP contribution in [0.15, 0.2) is 16.6 Å². The number of unbranched alkanes of at least 4 members (excludes halogenated alkanes) is 13. The predicted molar refractivity (Wildman–Crippen MR) is 127 cm³/mol. The third-order valence-electron chi connectivity index (χ3n) is 5.39.